The van der Waals surface area contributed by atoms with E-state index >= 15 is 0 Å². The monoisotopic (exact) mass is 256 g/mol. The van der Waals surface area contributed by atoms with E-state index < -0.39 is 0 Å². The summed E-state index contributed by atoms with van der Waals surface area (Å²) in [5.41, 5.74) is 1.42. The van der Waals surface area contributed by atoms with Gasteiger partial charge in [0.15, 0.2) is 5.78 Å². The fraction of sp³-hybridized carbons (Fsp3) is 0.214. The molecule has 0 aliphatic carbocycles. The lowest BCUT2D eigenvalue weighted by Crippen LogP contribution is -2.15. The Morgan fingerprint density at radius 2 is 2.26 bits per heavy atom. The molecule has 2 heterocycles. The van der Waals surface area contributed by atoms with Crippen molar-refractivity contribution < 1.29 is 14.3 Å². The molecule has 0 saturated heterocycles. The molecule has 96 valence electrons. The maximum atomic E-state index is 11.6. The van der Waals surface area contributed by atoms with E-state index in [1.807, 2.05) is 0 Å². The van der Waals surface area contributed by atoms with Gasteiger partial charge < -0.3 is 9.47 Å². The first kappa shape index (κ1) is 11.6. The van der Waals surface area contributed by atoms with Crippen molar-refractivity contribution in [2.24, 2.45) is 0 Å². The van der Waals surface area contributed by atoms with E-state index in [0.717, 1.165) is 5.69 Å². The van der Waals surface area contributed by atoms with Crippen LogP contribution in [0, 0.1) is 0 Å². The fourth-order valence-corrected chi connectivity index (χ4v) is 1.89. The van der Waals surface area contributed by atoms with Crippen molar-refractivity contribution in [2.45, 2.75) is 13.0 Å². The third-order valence-corrected chi connectivity index (χ3v) is 2.87. The summed E-state index contributed by atoms with van der Waals surface area (Å²) in [4.78, 5) is 19.6. The molecule has 5 nitrogen and oxygen atoms in total. The van der Waals surface area contributed by atoms with Gasteiger partial charge in [0.05, 0.1) is 17.9 Å². The van der Waals surface area contributed by atoms with Crippen LogP contribution in [0.15, 0.2) is 36.8 Å². The van der Waals surface area contributed by atoms with Gasteiger partial charge in [-0.3, -0.25) is 4.79 Å². The molecule has 0 atom stereocenters. The van der Waals surface area contributed by atoms with Gasteiger partial charge in [0.25, 0.3) is 0 Å². The molecule has 0 spiro atoms. The molecule has 0 unspecified atom stereocenters. The summed E-state index contributed by atoms with van der Waals surface area (Å²) in [5.74, 6) is 1.37. The minimum Gasteiger partial charge on any atom is -0.492 e. The Balaban J connectivity index is 1.74. The summed E-state index contributed by atoms with van der Waals surface area (Å²) in [6, 6.07) is 7.05. The van der Waals surface area contributed by atoms with Gasteiger partial charge in [0, 0.05) is 18.7 Å². The molecule has 2 aromatic rings. The third-order valence-electron chi connectivity index (χ3n) is 2.87. The van der Waals surface area contributed by atoms with Gasteiger partial charge in [0.2, 0.25) is 0 Å². The summed E-state index contributed by atoms with van der Waals surface area (Å²) < 4.78 is 11.1. The van der Waals surface area contributed by atoms with Crippen LogP contribution in [0.5, 0.6) is 11.5 Å². The maximum absolute atomic E-state index is 11.6. The highest BCUT2D eigenvalue weighted by molar-refractivity contribution is 5.99. The average molecular weight is 256 g/mol. The molecular formula is C14H12N2O3. The zero-order chi connectivity index (χ0) is 13.1. The molecule has 0 bridgehead atoms. The number of aromatic nitrogens is 2. The zero-order valence-corrected chi connectivity index (χ0v) is 10.2. The van der Waals surface area contributed by atoms with E-state index in [2.05, 4.69) is 9.97 Å². The molecule has 1 aliphatic heterocycles. The largest absolute Gasteiger partial charge is 0.492 e. The smallest absolute Gasteiger partial charge is 0.169 e. The molecule has 0 amide bonds. The Kier molecular flexibility index (Phi) is 3.10. The SMILES string of the molecule is O=C1CCOc2cc(OCc3ccncn3)ccc21. The Labute approximate surface area is 110 Å². The van der Waals surface area contributed by atoms with Gasteiger partial charge in [-0.15, -0.1) is 0 Å². The van der Waals surface area contributed by atoms with E-state index in [0.29, 0.717) is 36.7 Å². The molecule has 0 saturated carbocycles. The summed E-state index contributed by atoms with van der Waals surface area (Å²) in [7, 11) is 0. The van der Waals surface area contributed by atoms with Gasteiger partial charge in [-0.05, 0) is 18.2 Å². The van der Waals surface area contributed by atoms with Gasteiger partial charge >= 0.3 is 0 Å². The average Bonchev–Trinajstić information content (AvgIpc) is 2.46. The normalized spacial score (nSPS) is 13.6. The van der Waals surface area contributed by atoms with Crippen molar-refractivity contribution in [1.29, 1.82) is 0 Å². The standard InChI is InChI=1S/C14H12N2O3/c17-13-4-6-18-14-7-11(1-2-12(13)14)19-8-10-3-5-15-9-16-10/h1-3,5,7,9H,4,6,8H2. The molecule has 3 rings (SSSR count). The molecule has 19 heavy (non-hydrogen) atoms. The highest BCUT2D eigenvalue weighted by atomic mass is 16.5. The Morgan fingerprint density at radius 3 is 3.11 bits per heavy atom. The predicted octanol–water partition coefficient (Wildman–Crippen LogP) is 2.02. The lowest BCUT2D eigenvalue weighted by molar-refractivity contribution is 0.0933. The number of ether oxygens (including phenoxy) is 2. The molecular weight excluding hydrogens is 244 g/mol. The number of carbonyl (C=O) groups excluding carboxylic acids is 1. The summed E-state index contributed by atoms with van der Waals surface area (Å²) >= 11 is 0. The topological polar surface area (TPSA) is 61.3 Å². The van der Waals surface area contributed by atoms with Crippen LogP contribution in [-0.2, 0) is 6.61 Å². The number of Topliss-reactive ketones (excluding diaryl/α,β-unsaturated/α-hetero) is 1. The lowest BCUT2D eigenvalue weighted by Gasteiger charge is -2.17. The van der Waals surface area contributed by atoms with Crippen LogP contribution in [0.4, 0.5) is 0 Å². The van der Waals surface area contributed by atoms with E-state index in [9.17, 15) is 4.79 Å². The van der Waals surface area contributed by atoms with Gasteiger partial charge in [0.1, 0.15) is 24.4 Å². The van der Waals surface area contributed by atoms with Crippen molar-refractivity contribution in [3.05, 3.63) is 48.0 Å². The van der Waals surface area contributed by atoms with Crippen LogP contribution in [0.2, 0.25) is 0 Å². The molecule has 1 aromatic carbocycles. The Morgan fingerprint density at radius 1 is 1.32 bits per heavy atom. The van der Waals surface area contributed by atoms with E-state index in [-0.39, 0.29) is 5.78 Å². The van der Waals surface area contributed by atoms with E-state index in [1.54, 1.807) is 30.5 Å². The Hall–Kier alpha value is -2.43. The molecule has 5 heteroatoms. The molecule has 0 fully saturated rings. The van der Waals surface area contributed by atoms with Crippen molar-refractivity contribution in [2.75, 3.05) is 6.61 Å². The van der Waals surface area contributed by atoms with Gasteiger partial charge in [-0.25, -0.2) is 9.97 Å². The first-order chi connectivity index (χ1) is 9.33. The van der Waals surface area contributed by atoms with Crippen molar-refractivity contribution in [3.8, 4) is 11.5 Å². The quantitative estimate of drug-likeness (QED) is 0.840. The number of hydrogen-bond acceptors (Lipinski definition) is 5. The molecule has 1 aliphatic rings. The fourth-order valence-electron chi connectivity index (χ4n) is 1.89. The predicted molar refractivity (Wildman–Crippen MR) is 67.2 cm³/mol. The highest BCUT2D eigenvalue weighted by Crippen LogP contribution is 2.29. The minimum atomic E-state index is 0.114. The third kappa shape index (κ3) is 2.54. The number of benzene rings is 1. The molecule has 0 N–H and O–H groups in total. The number of nitrogens with zero attached hydrogens (tertiary/aromatic N) is 2. The Bertz CT molecular complexity index is 599. The van der Waals surface area contributed by atoms with Crippen LogP contribution >= 0.6 is 0 Å². The summed E-state index contributed by atoms with van der Waals surface area (Å²) in [6.45, 7) is 0.788. The van der Waals surface area contributed by atoms with Crippen LogP contribution < -0.4 is 9.47 Å². The summed E-state index contributed by atoms with van der Waals surface area (Å²) in [6.07, 6.45) is 3.59. The highest BCUT2D eigenvalue weighted by Gasteiger charge is 2.18. The van der Waals surface area contributed by atoms with Crippen LogP contribution in [0.3, 0.4) is 0 Å². The first-order valence-corrected chi connectivity index (χ1v) is 6.01. The van der Waals surface area contributed by atoms with E-state index in [4.69, 9.17) is 9.47 Å². The second-order valence-corrected chi connectivity index (χ2v) is 4.17. The number of fused-ring (bicyclic) bond motifs is 1. The summed E-state index contributed by atoms with van der Waals surface area (Å²) in [5, 5.41) is 0. The van der Waals surface area contributed by atoms with Crippen molar-refractivity contribution in [1.82, 2.24) is 9.97 Å². The number of rotatable bonds is 3. The second kappa shape index (κ2) is 5.06. The first-order valence-electron chi connectivity index (χ1n) is 6.01. The second-order valence-electron chi connectivity index (χ2n) is 4.17. The maximum Gasteiger partial charge on any atom is 0.169 e. The zero-order valence-electron chi connectivity index (χ0n) is 10.2. The number of ketones is 1. The van der Waals surface area contributed by atoms with Crippen LogP contribution in [-0.4, -0.2) is 22.4 Å². The molecule has 1 aromatic heterocycles. The van der Waals surface area contributed by atoms with Crippen LogP contribution in [0.25, 0.3) is 0 Å². The molecule has 0 radical (unpaired) electrons. The van der Waals surface area contributed by atoms with Gasteiger partial charge in [-0.2, -0.15) is 0 Å². The lowest BCUT2D eigenvalue weighted by atomic mass is 10.1. The van der Waals surface area contributed by atoms with E-state index in [1.165, 1.54) is 6.33 Å². The minimum absolute atomic E-state index is 0.114. The van der Waals surface area contributed by atoms with Crippen molar-refractivity contribution in [3.63, 3.8) is 0 Å². The van der Waals surface area contributed by atoms with Crippen molar-refractivity contribution >= 4 is 5.78 Å². The number of hydrogen-bond donors (Lipinski definition) is 0. The number of carbonyl (C=O) groups is 1. The van der Waals surface area contributed by atoms with Crippen LogP contribution in [0.1, 0.15) is 22.5 Å². The van der Waals surface area contributed by atoms with Gasteiger partial charge in [-0.1, -0.05) is 0 Å².